The van der Waals surface area contributed by atoms with Crippen molar-refractivity contribution in [3.05, 3.63) is 19.6 Å². The third-order valence-corrected chi connectivity index (χ3v) is 0.204. The van der Waals surface area contributed by atoms with Gasteiger partial charge in [0.1, 0.15) is 0 Å². The molecule has 0 aliphatic carbocycles. The standard InChI is InChI=1S/C4H7.2ClH.In/c1-3-4-2;;;/h3H,1-2,4H2;2*1H;/p-2. The van der Waals surface area contributed by atoms with Crippen molar-refractivity contribution in [3.8, 4) is 0 Å². The van der Waals surface area contributed by atoms with Crippen LogP contribution in [0.4, 0.5) is 0 Å². The summed E-state index contributed by atoms with van der Waals surface area (Å²) in [7, 11) is 0. The molecule has 0 bridgehead atoms. The van der Waals surface area contributed by atoms with E-state index in [0.29, 0.717) is 0 Å². The molecule has 0 aromatic heterocycles. The summed E-state index contributed by atoms with van der Waals surface area (Å²) >= 11 is 0. The molecule has 0 spiro atoms. The van der Waals surface area contributed by atoms with Crippen LogP contribution >= 0.6 is 0 Å². The van der Waals surface area contributed by atoms with Crippen LogP contribution in [-0.2, 0) is 0 Å². The average Bonchev–Trinajstić information content (AvgIpc) is 1.37. The van der Waals surface area contributed by atoms with E-state index in [1.165, 1.54) is 0 Å². The summed E-state index contributed by atoms with van der Waals surface area (Å²) in [5.41, 5.74) is 0. The Hall–Kier alpha value is 1.19. The van der Waals surface area contributed by atoms with Crippen LogP contribution in [0.15, 0.2) is 12.7 Å². The predicted octanol–water partition coefficient (Wildman–Crippen LogP) is -4.98. The van der Waals surface area contributed by atoms with E-state index >= 15 is 0 Å². The fraction of sp³-hybridized carbons (Fsp3) is 0.250. The molecule has 0 saturated carbocycles. The van der Waals surface area contributed by atoms with E-state index in [1.54, 1.807) is 6.08 Å². The van der Waals surface area contributed by atoms with Crippen molar-refractivity contribution in [1.82, 2.24) is 0 Å². The summed E-state index contributed by atoms with van der Waals surface area (Å²) in [5, 5.41) is 0. The Bertz CT molecular complexity index is 23.7. The Morgan fingerprint density at radius 1 is 1.29 bits per heavy atom. The summed E-state index contributed by atoms with van der Waals surface area (Å²) in [5.74, 6) is 0. The zero-order chi connectivity index (χ0) is 3.41. The maximum absolute atomic E-state index is 3.49. The van der Waals surface area contributed by atoms with Crippen molar-refractivity contribution in [3.63, 3.8) is 0 Å². The number of hydrogen-bond donors (Lipinski definition) is 0. The Morgan fingerprint density at radius 2 is 1.43 bits per heavy atom. The first-order valence-corrected chi connectivity index (χ1v) is 1.32. The minimum absolute atomic E-state index is 0. The molecule has 0 aliphatic rings. The van der Waals surface area contributed by atoms with E-state index in [0.717, 1.165) is 6.42 Å². The second kappa shape index (κ2) is 27.1. The smallest absolute Gasteiger partial charge is 0 e. The molecule has 0 atom stereocenters. The van der Waals surface area contributed by atoms with Gasteiger partial charge in [-0.1, -0.05) is 6.08 Å². The largest absolute Gasteiger partial charge is 1.00 e. The van der Waals surface area contributed by atoms with Gasteiger partial charge in [-0.2, -0.15) is 0 Å². The van der Waals surface area contributed by atoms with Gasteiger partial charge in [0.15, 0.2) is 0 Å². The first-order chi connectivity index (χ1) is 1.91. The molecule has 0 fully saturated rings. The van der Waals surface area contributed by atoms with Gasteiger partial charge >= 0.3 is 0 Å². The summed E-state index contributed by atoms with van der Waals surface area (Å²) in [4.78, 5) is 0. The van der Waals surface area contributed by atoms with Crippen molar-refractivity contribution in [2.75, 3.05) is 0 Å². The fourth-order valence-corrected chi connectivity index (χ4v) is 0. The van der Waals surface area contributed by atoms with Crippen molar-refractivity contribution < 1.29 is 24.8 Å². The maximum atomic E-state index is 3.49. The number of halogens is 2. The molecule has 42 valence electrons. The molecule has 0 aliphatic heterocycles. The molecular formula is C4H7Cl2In-2. The molecule has 0 rings (SSSR count). The maximum Gasteiger partial charge on any atom is 0 e. The minimum Gasteiger partial charge on any atom is -1.00 e. The van der Waals surface area contributed by atoms with Gasteiger partial charge in [0.05, 0.1) is 0 Å². The molecule has 0 amide bonds. The Kier molecular flexibility index (Phi) is 93.3. The van der Waals surface area contributed by atoms with Gasteiger partial charge in [-0.25, -0.2) is 0 Å². The number of rotatable bonds is 1. The molecule has 7 heavy (non-hydrogen) atoms. The van der Waals surface area contributed by atoms with Crippen LogP contribution in [0.2, 0.25) is 0 Å². The van der Waals surface area contributed by atoms with Gasteiger partial charge in [-0.3, -0.25) is 0 Å². The second-order valence-electron chi connectivity index (χ2n) is 0.577. The molecule has 0 saturated heterocycles. The van der Waals surface area contributed by atoms with Crippen LogP contribution in [0.25, 0.3) is 0 Å². The van der Waals surface area contributed by atoms with Crippen LogP contribution < -0.4 is 24.8 Å². The SMILES string of the molecule is [CH2]CC=C.[Cl-].[Cl-].[In]. The summed E-state index contributed by atoms with van der Waals surface area (Å²) < 4.78 is 0. The molecule has 0 aromatic rings. The van der Waals surface area contributed by atoms with Crippen LogP contribution in [-0.4, -0.2) is 25.8 Å². The third-order valence-electron chi connectivity index (χ3n) is 0.204. The van der Waals surface area contributed by atoms with Crippen molar-refractivity contribution >= 4 is 25.8 Å². The van der Waals surface area contributed by atoms with Crippen LogP contribution in [0.1, 0.15) is 6.42 Å². The van der Waals surface area contributed by atoms with Gasteiger partial charge in [-0.05, 0) is 13.3 Å². The summed E-state index contributed by atoms with van der Waals surface area (Å²) in [6.07, 6.45) is 2.60. The zero-order valence-corrected chi connectivity index (χ0v) is 8.84. The number of hydrogen-bond acceptors (Lipinski definition) is 0. The van der Waals surface area contributed by atoms with Crippen LogP contribution in [0.5, 0.6) is 0 Å². The Balaban J connectivity index is -0.0000000150. The first-order valence-electron chi connectivity index (χ1n) is 1.32. The molecule has 4 radical (unpaired) electrons. The predicted molar refractivity (Wildman–Crippen MR) is 25.9 cm³/mol. The quantitative estimate of drug-likeness (QED) is 0.403. The van der Waals surface area contributed by atoms with Gasteiger partial charge in [0.2, 0.25) is 0 Å². The first kappa shape index (κ1) is 24.1. The average molecular weight is 241 g/mol. The molecule has 0 aromatic carbocycles. The second-order valence-corrected chi connectivity index (χ2v) is 0.577. The van der Waals surface area contributed by atoms with E-state index in [4.69, 9.17) is 0 Å². The van der Waals surface area contributed by atoms with Crippen molar-refractivity contribution in [2.45, 2.75) is 6.42 Å². The number of allylic oxidation sites excluding steroid dienone is 1. The van der Waals surface area contributed by atoms with Crippen LogP contribution in [0, 0.1) is 6.92 Å². The van der Waals surface area contributed by atoms with Crippen molar-refractivity contribution in [2.24, 2.45) is 0 Å². The normalized spacial score (nSPS) is 3.57. The molecular weight excluding hydrogens is 234 g/mol. The van der Waals surface area contributed by atoms with Crippen LogP contribution in [0.3, 0.4) is 0 Å². The van der Waals surface area contributed by atoms with E-state index in [1.807, 2.05) is 0 Å². The van der Waals surface area contributed by atoms with Gasteiger partial charge in [0, 0.05) is 25.8 Å². The van der Waals surface area contributed by atoms with E-state index in [-0.39, 0.29) is 50.7 Å². The topological polar surface area (TPSA) is 0 Å². The zero-order valence-electron chi connectivity index (χ0n) is 4.03. The van der Waals surface area contributed by atoms with Gasteiger partial charge in [0.25, 0.3) is 0 Å². The van der Waals surface area contributed by atoms with Crippen molar-refractivity contribution in [1.29, 1.82) is 0 Å². The molecule has 0 unspecified atom stereocenters. The molecule has 3 heteroatoms. The molecule has 0 heterocycles. The van der Waals surface area contributed by atoms with Gasteiger partial charge in [-0.15, -0.1) is 6.58 Å². The summed E-state index contributed by atoms with van der Waals surface area (Å²) in [6.45, 7) is 6.90. The fourth-order valence-electron chi connectivity index (χ4n) is 0. The van der Waals surface area contributed by atoms with E-state index < -0.39 is 0 Å². The van der Waals surface area contributed by atoms with E-state index in [2.05, 4.69) is 13.5 Å². The third kappa shape index (κ3) is 40.4. The van der Waals surface area contributed by atoms with Gasteiger partial charge < -0.3 is 24.8 Å². The Morgan fingerprint density at radius 3 is 1.43 bits per heavy atom. The van der Waals surface area contributed by atoms with E-state index in [9.17, 15) is 0 Å². The monoisotopic (exact) mass is 240 g/mol. The summed E-state index contributed by atoms with van der Waals surface area (Å²) in [6, 6.07) is 0. The molecule has 0 N–H and O–H groups in total. The minimum atomic E-state index is 0. The molecule has 0 nitrogen and oxygen atoms in total. The Labute approximate surface area is 76.4 Å².